The van der Waals surface area contributed by atoms with Gasteiger partial charge in [0.15, 0.2) is 0 Å². The van der Waals surface area contributed by atoms with Crippen LogP contribution >= 0.6 is 0 Å². The number of aliphatic hydroxyl groups excluding tert-OH is 1. The van der Waals surface area contributed by atoms with Crippen molar-refractivity contribution in [2.24, 2.45) is 29.1 Å². The van der Waals surface area contributed by atoms with Crippen LogP contribution in [0.2, 0.25) is 0 Å². The molecule has 0 amide bonds. The summed E-state index contributed by atoms with van der Waals surface area (Å²) < 4.78 is 0. The number of carboxylic acids is 1. The van der Waals surface area contributed by atoms with E-state index in [9.17, 15) is 15.0 Å². The Bertz CT molecular complexity index is 862. The van der Waals surface area contributed by atoms with Crippen LogP contribution < -0.4 is 0 Å². The van der Waals surface area contributed by atoms with E-state index in [1.807, 2.05) is 0 Å². The van der Waals surface area contributed by atoms with E-state index in [0.717, 1.165) is 43.9 Å². The smallest absolute Gasteiger partial charge is 0.306 e. The van der Waals surface area contributed by atoms with Gasteiger partial charge in [-0.1, -0.05) is 89.0 Å². The Hall–Kier alpha value is -1.35. The summed E-state index contributed by atoms with van der Waals surface area (Å²) in [5, 5.41) is 20.2. The van der Waals surface area contributed by atoms with E-state index in [1.54, 1.807) is 11.1 Å². The molecular weight excluding hydrogens is 444 g/mol. The lowest BCUT2D eigenvalue weighted by Gasteiger charge is -2.53. The highest BCUT2D eigenvalue weighted by Crippen LogP contribution is 2.62. The average molecular weight is 497 g/mol. The number of aliphatic hydroxyl groups is 1. The third-order valence-corrected chi connectivity index (χ3v) is 10.6. The molecule has 0 aromatic heterocycles. The van der Waals surface area contributed by atoms with Gasteiger partial charge in [0.2, 0.25) is 0 Å². The summed E-state index contributed by atoms with van der Waals surface area (Å²) in [6, 6.07) is 7.22. The molecule has 0 aliphatic heterocycles. The molecule has 3 aliphatic carbocycles. The number of rotatable bonds is 13. The maximum Gasteiger partial charge on any atom is 0.306 e. The number of hydrogen-bond donors (Lipinski definition) is 2. The summed E-state index contributed by atoms with van der Waals surface area (Å²) in [5.74, 6) is 2.17. The van der Waals surface area contributed by atoms with Crippen LogP contribution in [0.15, 0.2) is 18.2 Å². The van der Waals surface area contributed by atoms with Crippen molar-refractivity contribution >= 4 is 5.97 Å². The van der Waals surface area contributed by atoms with Crippen LogP contribution in [0.5, 0.6) is 0 Å². The van der Waals surface area contributed by atoms with Gasteiger partial charge in [0.05, 0.1) is 12.0 Å². The number of carbonyl (C=O) groups is 1. The number of unbranched alkanes of at least 4 members (excludes halogenated alkanes) is 6. The lowest BCUT2D eigenvalue weighted by Crippen LogP contribution is -2.47. The van der Waals surface area contributed by atoms with E-state index in [-0.39, 0.29) is 17.4 Å². The Morgan fingerprint density at radius 2 is 1.75 bits per heavy atom. The molecule has 0 spiro atoms. The average Bonchev–Trinajstić information content (AvgIpc) is 3.15. The minimum absolute atomic E-state index is 0.101. The molecule has 36 heavy (non-hydrogen) atoms. The van der Waals surface area contributed by atoms with Crippen LogP contribution in [0.3, 0.4) is 0 Å². The van der Waals surface area contributed by atoms with E-state index in [4.69, 9.17) is 0 Å². The van der Waals surface area contributed by atoms with Crippen molar-refractivity contribution in [2.45, 2.75) is 136 Å². The summed E-state index contributed by atoms with van der Waals surface area (Å²) >= 11 is 0. The quantitative estimate of drug-likeness (QED) is 0.269. The van der Waals surface area contributed by atoms with Gasteiger partial charge >= 0.3 is 5.97 Å². The summed E-state index contributed by atoms with van der Waals surface area (Å²) in [6.07, 6.45) is 18.5. The molecule has 2 fully saturated rings. The molecule has 2 saturated carbocycles. The van der Waals surface area contributed by atoms with Gasteiger partial charge in [0.1, 0.15) is 0 Å². The predicted octanol–water partition coefficient (Wildman–Crippen LogP) is 8.45. The predicted molar refractivity (Wildman–Crippen MR) is 148 cm³/mol. The topological polar surface area (TPSA) is 57.5 Å². The Kier molecular flexibility index (Phi) is 9.58. The second-order valence-electron chi connectivity index (χ2n) is 13.0. The molecule has 1 aromatic rings. The highest BCUT2D eigenvalue weighted by molar-refractivity contribution is 5.69. The number of hydrogen-bond acceptors (Lipinski definition) is 2. The van der Waals surface area contributed by atoms with Crippen molar-refractivity contribution < 1.29 is 15.0 Å². The Labute approximate surface area is 220 Å². The molecule has 1 aromatic carbocycles. The number of fused-ring (bicyclic) bond motifs is 5. The summed E-state index contributed by atoms with van der Waals surface area (Å²) in [4.78, 5) is 11.3. The Balaban J connectivity index is 1.26. The molecule has 2 N–H and O–H groups in total. The highest BCUT2D eigenvalue weighted by Gasteiger charge is 2.56. The van der Waals surface area contributed by atoms with Crippen LogP contribution in [0.25, 0.3) is 0 Å². The van der Waals surface area contributed by atoms with Crippen molar-refractivity contribution in [1.29, 1.82) is 0 Å². The SMILES string of the molecule is CCC[C@@H](CCCCCCCCCC1Cc2cc(C)ccc2C2CC[C@@]3(C)C(CC[C@@H]3O)C12)C(=O)O. The molecular formula is C33H52O3. The second-order valence-corrected chi connectivity index (χ2v) is 13.0. The third-order valence-electron chi connectivity index (χ3n) is 10.6. The first-order valence-electron chi connectivity index (χ1n) is 15.4. The summed E-state index contributed by atoms with van der Waals surface area (Å²) in [7, 11) is 0. The highest BCUT2D eigenvalue weighted by atomic mass is 16.4. The van der Waals surface area contributed by atoms with Crippen molar-refractivity contribution in [3.63, 3.8) is 0 Å². The molecule has 202 valence electrons. The van der Waals surface area contributed by atoms with Crippen LogP contribution in [0.1, 0.15) is 133 Å². The molecule has 4 unspecified atom stereocenters. The maximum atomic E-state index is 11.3. The Morgan fingerprint density at radius 3 is 2.47 bits per heavy atom. The van der Waals surface area contributed by atoms with Gasteiger partial charge in [0.25, 0.3) is 0 Å². The minimum Gasteiger partial charge on any atom is -0.481 e. The molecule has 0 heterocycles. The molecule has 3 nitrogen and oxygen atoms in total. The van der Waals surface area contributed by atoms with Gasteiger partial charge in [-0.3, -0.25) is 4.79 Å². The summed E-state index contributed by atoms with van der Waals surface area (Å²) in [6.45, 7) is 6.71. The monoisotopic (exact) mass is 496 g/mol. The zero-order chi connectivity index (χ0) is 25.7. The van der Waals surface area contributed by atoms with Crippen LogP contribution in [-0.4, -0.2) is 22.3 Å². The van der Waals surface area contributed by atoms with Crippen LogP contribution in [0, 0.1) is 36.0 Å². The largest absolute Gasteiger partial charge is 0.481 e. The van der Waals surface area contributed by atoms with Crippen molar-refractivity contribution in [2.75, 3.05) is 0 Å². The van der Waals surface area contributed by atoms with Crippen molar-refractivity contribution in [3.05, 3.63) is 34.9 Å². The maximum absolute atomic E-state index is 11.3. The van der Waals surface area contributed by atoms with Crippen LogP contribution in [0.4, 0.5) is 0 Å². The lowest BCUT2D eigenvalue weighted by atomic mass is 9.52. The first-order chi connectivity index (χ1) is 17.3. The zero-order valence-electron chi connectivity index (χ0n) is 23.3. The van der Waals surface area contributed by atoms with Gasteiger partial charge in [-0.15, -0.1) is 0 Å². The van der Waals surface area contributed by atoms with E-state index in [2.05, 4.69) is 39.0 Å². The number of aliphatic carboxylic acids is 1. The van der Waals surface area contributed by atoms with Gasteiger partial charge in [-0.05, 0) is 98.5 Å². The van der Waals surface area contributed by atoms with Gasteiger partial charge in [-0.25, -0.2) is 0 Å². The molecule has 4 rings (SSSR count). The van der Waals surface area contributed by atoms with Crippen LogP contribution in [-0.2, 0) is 11.2 Å². The molecule has 3 heteroatoms. The molecule has 7 atom stereocenters. The van der Waals surface area contributed by atoms with Gasteiger partial charge in [0, 0.05) is 0 Å². The number of benzene rings is 1. The van der Waals surface area contributed by atoms with Gasteiger partial charge < -0.3 is 10.2 Å². The third kappa shape index (κ3) is 6.03. The first-order valence-corrected chi connectivity index (χ1v) is 15.4. The number of aryl methyl sites for hydroxylation is 1. The van der Waals surface area contributed by atoms with Crippen molar-refractivity contribution in [3.8, 4) is 0 Å². The zero-order valence-corrected chi connectivity index (χ0v) is 23.3. The van der Waals surface area contributed by atoms with E-state index < -0.39 is 5.97 Å². The second kappa shape index (κ2) is 12.5. The molecule has 0 radical (unpaired) electrons. The first kappa shape index (κ1) is 27.7. The fourth-order valence-corrected chi connectivity index (χ4v) is 8.59. The molecule has 3 aliphatic rings. The Morgan fingerprint density at radius 1 is 1.03 bits per heavy atom. The fourth-order valence-electron chi connectivity index (χ4n) is 8.59. The number of carboxylic acid groups (broad SMARTS) is 1. The van der Waals surface area contributed by atoms with E-state index in [0.29, 0.717) is 11.8 Å². The normalized spacial score (nSPS) is 31.9. The minimum atomic E-state index is -0.607. The molecule has 0 bridgehead atoms. The lowest BCUT2D eigenvalue weighted by molar-refractivity contribution is -0.142. The fraction of sp³-hybridized carbons (Fsp3) is 0.788. The standard InChI is InChI=1S/C33H52O3/c1-4-12-24(32(35)36)13-10-8-6-5-7-9-11-14-25-22-26-21-23(2)15-16-27(26)28-19-20-33(3)29(31(25)28)17-18-30(33)34/h15-16,21,24-25,28-31,34H,4-14,17-20,22H2,1-3H3,(H,35,36)/t24-,25?,28?,29?,30-,31?,33-/m0/s1. The van der Waals surface area contributed by atoms with E-state index >= 15 is 0 Å². The van der Waals surface area contributed by atoms with Gasteiger partial charge in [-0.2, -0.15) is 0 Å². The van der Waals surface area contributed by atoms with Crippen molar-refractivity contribution in [1.82, 2.24) is 0 Å². The summed E-state index contributed by atoms with van der Waals surface area (Å²) in [5.41, 5.74) is 4.78. The molecule has 0 saturated heterocycles. The van der Waals surface area contributed by atoms with E-state index in [1.165, 1.54) is 76.2 Å².